The second-order valence-corrected chi connectivity index (χ2v) is 10.4. The van der Waals surface area contributed by atoms with E-state index in [-0.39, 0.29) is 30.3 Å². The first kappa shape index (κ1) is 26.8. The van der Waals surface area contributed by atoms with Gasteiger partial charge in [0.05, 0.1) is 13.0 Å². The average molecular weight is 499 g/mol. The van der Waals surface area contributed by atoms with Crippen LogP contribution in [0, 0.1) is 5.92 Å². The molecule has 33 heavy (non-hydrogen) atoms. The van der Waals surface area contributed by atoms with Crippen LogP contribution < -0.4 is 21.3 Å². The maximum absolute atomic E-state index is 12.9. The summed E-state index contributed by atoms with van der Waals surface area (Å²) in [4.78, 5) is 63.3. The van der Waals surface area contributed by atoms with E-state index in [0.717, 1.165) is 0 Å². The molecule has 0 aromatic carbocycles. The van der Waals surface area contributed by atoms with Crippen LogP contribution in [-0.4, -0.2) is 65.8 Å². The van der Waals surface area contributed by atoms with Crippen LogP contribution >= 0.6 is 21.6 Å². The number of ether oxygens (including phenoxy) is 1. The van der Waals surface area contributed by atoms with Crippen molar-refractivity contribution in [3.63, 3.8) is 0 Å². The van der Waals surface area contributed by atoms with Crippen LogP contribution in [0.1, 0.15) is 33.6 Å². The molecule has 2 rings (SSSR count). The zero-order valence-electron chi connectivity index (χ0n) is 18.8. The average Bonchev–Trinajstić information content (AvgIpc) is 2.76. The normalized spacial score (nSPS) is 27.8. The number of carbonyl (C=O) groups excluding carboxylic acids is 5. The molecule has 182 valence electrons. The first-order valence-corrected chi connectivity index (χ1v) is 13.2. The van der Waals surface area contributed by atoms with Crippen molar-refractivity contribution in [1.82, 2.24) is 21.3 Å². The first-order valence-electron chi connectivity index (χ1n) is 10.7. The van der Waals surface area contributed by atoms with Gasteiger partial charge in [-0.3, -0.25) is 19.2 Å². The van der Waals surface area contributed by atoms with Crippen LogP contribution in [0.15, 0.2) is 23.9 Å². The Hall–Kier alpha value is -2.47. The van der Waals surface area contributed by atoms with Crippen LogP contribution in [0.4, 0.5) is 0 Å². The quantitative estimate of drug-likeness (QED) is 0.176. The summed E-state index contributed by atoms with van der Waals surface area (Å²) in [5, 5.41) is 10.2. The Morgan fingerprint density at radius 3 is 2.55 bits per heavy atom. The Morgan fingerprint density at radius 2 is 1.85 bits per heavy atom. The molecule has 2 bridgehead atoms. The number of amides is 4. The molecule has 2 heterocycles. The Balaban J connectivity index is 2.45. The highest BCUT2D eigenvalue weighted by molar-refractivity contribution is 8.76. The third-order valence-corrected chi connectivity index (χ3v) is 7.23. The van der Waals surface area contributed by atoms with Gasteiger partial charge in [0.1, 0.15) is 23.9 Å². The van der Waals surface area contributed by atoms with Crippen molar-refractivity contribution in [1.29, 1.82) is 0 Å². The van der Waals surface area contributed by atoms with Crippen molar-refractivity contribution >= 4 is 51.2 Å². The van der Waals surface area contributed by atoms with Crippen LogP contribution in [0.3, 0.4) is 0 Å². The molecule has 0 spiro atoms. The van der Waals surface area contributed by atoms with Gasteiger partial charge >= 0.3 is 5.97 Å². The summed E-state index contributed by atoms with van der Waals surface area (Å²) < 4.78 is 5.55. The van der Waals surface area contributed by atoms with E-state index in [1.165, 1.54) is 27.7 Å². The van der Waals surface area contributed by atoms with Gasteiger partial charge in [-0.2, -0.15) is 0 Å². The number of esters is 1. The lowest BCUT2D eigenvalue weighted by atomic mass is 10.0. The number of allylic oxidation sites excluding steroid dienone is 2. The fourth-order valence-electron chi connectivity index (χ4n) is 2.97. The molecule has 0 radical (unpaired) electrons. The van der Waals surface area contributed by atoms with Gasteiger partial charge in [0.2, 0.25) is 17.7 Å². The summed E-state index contributed by atoms with van der Waals surface area (Å²) in [5.41, 5.74) is -0.0449. The molecule has 2 aliphatic heterocycles. The Morgan fingerprint density at radius 1 is 1.09 bits per heavy atom. The van der Waals surface area contributed by atoms with Gasteiger partial charge in [-0.25, -0.2) is 4.79 Å². The van der Waals surface area contributed by atoms with Crippen LogP contribution in [0.5, 0.6) is 0 Å². The monoisotopic (exact) mass is 498 g/mol. The highest BCUT2D eigenvalue weighted by Crippen LogP contribution is 2.23. The van der Waals surface area contributed by atoms with Crippen molar-refractivity contribution in [3.8, 4) is 0 Å². The predicted molar refractivity (Wildman–Crippen MR) is 127 cm³/mol. The van der Waals surface area contributed by atoms with Gasteiger partial charge in [0, 0.05) is 11.5 Å². The van der Waals surface area contributed by atoms with Gasteiger partial charge in [-0.1, -0.05) is 47.6 Å². The van der Waals surface area contributed by atoms with E-state index in [0.29, 0.717) is 12.2 Å². The molecular weight excluding hydrogens is 468 g/mol. The SMILES string of the molecule is CC=C1NC(=O)[C@H]2CSSCCC=C[C@H](CC(=O)NCC(=O)N2)OC(=O)[C@H](C(C)C)NC1=O. The molecule has 2 aliphatic rings. The molecule has 0 unspecified atom stereocenters. The van der Waals surface area contributed by atoms with Gasteiger partial charge in [-0.15, -0.1) is 0 Å². The van der Waals surface area contributed by atoms with Crippen LogP contribution in [-0.2, 0) is 28.7 Å². The summed E-state index contributed by atoms with van der Waals surface area (Å²) in [7, 11) is 2.93. The maximum Gasteiger partial charge on any atom is 0.329 e. The molecule has 3 atom stereocenters. The van der Waals surface area contributed by atoms with Gasteiger partial charge in [0.15, 0.2) is 0 Å². The fraction of sp³-hybridized carbons (Fsp3) is 0.571. The lowest BCUT2D eigenvalue weighted by molar-refractivity contribution is -0.153. The minimum atomic E-state index is -0.992. The van der Waals surface area contributed by atoms with Gasteiger partial charge in [-0.05, 0) is 25.3 Å². The van der Waals surface area contributed by atoms with Crippen LogP contribution in [0.25, 0.3) is 0 Å². The van der Waals surface area contributed by atoms with Gasteiger partial charge in [0.25, 0.3) is 5.91 Å². The molecule has 4 amide bonds. The molecule has 1 saturated heterocycles. The van der Waals surface area contributed by atoms with E-state index in [1.54, 1.807) is 26.8 Å². The molecule has 0 aromatic heterocycles. The third kappa shape index (κ3) is 8.77. The van der Waals surface area contributed by atoms with E-state index in [2.05, 4.69) is 21.3 Å². The maximum atomic E-state index is 12.9. The molecule has 1 fully saturated rings. The molecule has 10 nitrogen and oxygen atoms in total. The number of rotatable bonds is 1. The number of hydrogen-bond donors (Lipinski definition) is 4. The van der Waals surface area contributed by atoms with Crippen molar-refractivity contribution in [2.45, 2.75) is 51.8 Å². The molecule has 0 aromatic rings. The Bertz CT molecular complexity index is 830. The largest absolute Gasteiger partial charge is 0.456 e. The number of nitrogens with one attached hydrogen (secondary N) is 4. The summed E-state index contributed by atoms with van der Waals surface area (Å²) in [5.74, 6) is -2.30. The molecule has 0 saturated carbocycles. The highest BCUT2D eigenvalue weighted by Gasteiger charge is 2.31. The highest BCUT2D eigenvalue weighted by atomic mass is 33.1. The van der Waals surface area contributed by atoms with Crippen molar-refractivity contribution in [2.24, 2.45) is 5.92 Å². The van der Waals surface area contributed by atoms with Gasteiger partial charge < -0.3 is 26.0 Å². The van der Waals surface area contributed by atoms with E-state index >= 15 is 0 Å². The smallest absolute Gasteiger partial charge is 0.329 e. The number of hydrogen-bond acceptors (Lipinski definition) is 8. The summed E-state index contributed by atoms with van der Waals surface area (Å²) in [6, 6.07) is -1.92. The fourth-order valence-corrected chi connectivity index (χ4v) is 5.13. The van der Waals surface area contributed by atoms with Crippen LogP contribution in [0.2, 0.25) is 0 Å². The zero-order chi connectivity index (χ0) is 24.4. The standard InChI is InChI=1S/C21H30N4O6S2/c1-4-14-19(28)25-18(12(2)3)21(30)31-13-7-5-6-8-32-33-11-15(20(29)24-14)23-17(27)10-22-16(26)9-13/h4-5,7,12-13,15,18H,6,8-11H2,1-3H3,(H,22,26)(H,23,27)(H,24,29)(H,25,28)/t13-,15-,18+/m1/s1. The summed E-state index contributed by atoms with van der Waals surface area (Å²) >= 11 is 0. The van der Waals surface area contributed by atoms with E-state index in [9.17, 15) is 24.0 Å². The topological polar surface area (TPSA) is 143 Å². The lowest BCUT2D eigenvalue weighted by Gasteiger charge is -2.25. The molecule has 12 heteroatoms. The second kappa shape index (κ2) is 13.3. The predicted octanol–water partition coefficient (Wildman–Crippen LogP) is 0.405. The number of carbonyl (C=O) groups is 5. The minimum Gasteiger partial charge on any atom is -0.456 e. The Labute approximate surface area is 200 Å². The second-order valence-electron chi connectivity index (χ2n) is 7.79. The number of fused-ring (bicyclic) bond motifs is 7. The zero-order valence-corrected chi connectivity index (χ0v) is 20.5. The minimum absolute atomic E-state index is 0.0449. The third-order valence-electron chi connectivity index (χ3n) is 4.79. The lowest BCUT2D eigenvalue weighted by Crippen LogP contribution is -2.53. The van der Waals surface area contributed by atoms with Crippen molar-refractivity contribution < 1.29 is 28.7 Å². The molecular formula is C21H30N4O6S2. The molecule has 4 N–H and O–H groups in total. The molecule has 0 aliphatic carbocycles. The van der Waals surface area contributed by atoms with E-state index < -0.39 is 47.8 Å². The summed E-state index contributed by atoms with van der Waals surface area (Å²) in [6.45, 7) is 4.74. The summed E-state index contributed by atoms with van der Waals surface area (Å²) in [6.07, 6.45) is 4.50. The Kier molecular flexibility index (Phi) is 10.8. The van der Waals surface area contributed by atoms with E-state index in [1.807, 2.05) is 6.08 Å². The van der Waals surface area contributed by atoms with Crippen molar-refractivity contribution in [3.05, 3.63) is 23.9 Å². The van der Waals surface area contributed by atoms with E-state index in [4.69, 9.17) is 4.74 Å². The first-order chi connectivity index (χ1) is 15.7. The van der Waals surface area contributed by atoms with Crippen molar-refractivity contribution in [2.75, 3.05) is 18.1 Å².